The molecular weight excluding hydrogens is 186 g/mol. The Kier molecular flexibility index (Phi) is 5.28. The van der Waals surface area contributed by atoms with E-state index in [9.17, 15) is 0 Å². The smallest absolute Gasteiger partial charge is 0.0642 e. The van der Waals surface area contributed by atoms with E-state index in [-0.39, 0.29) is 11.0 Å². The molecule has 1 atom stereocenters. The molecule has 0 amide bonds. The number of hydrogen-bond donors (Lipinski definition) is 0. The molecule has 0 aromatic rings. The topological polar surface area (TPSA) is 12.5 Å². The lowest BCUT2D eigenvalue weighted by molar-refractivity contribution is -0.109. The van der Waals surface area contributed by atoms with Crippen LogP contribution in [0.3, 0.4) is 0 Å². The lowest BCUT2D eigenvalue weighted by Crippen LogP contribution is -2.38. The predicted molar refractivity (Wildman–Crippen MR) is 67.3 cm³/mol. The minimum absolute atomic E-state index is 0.0513. The molecule has 0 saturated carbocycles. The summed E-state index contributed by atoms with van der Waals surface area (Å²) < 4.78 is 6.13. The van der Waals surface area contributed by atoms with Crippen LogP contribution in [0.5, 0.6) is 0 Å². The van der Waals surface area contributed by atoms with Gasteiger partial charge in [0.1, 0.15) is 0 Å². The van der Waals surface area contributed by atoms with Crippen molar-refractivity contribution in [1.29, 1.82) is 0 Å². The van der Waals surface area contributed by atoms with E-state index < -0.39 is 0 Å². The average Bonchev–Trinajstić information content (AvgIpc) is 1.93. The summed E-state index contributed by atoms with van der Waals surface area (Å²) in [5.74, 6) is 0. The maximum Gasteiger partial charge on any atom is 0.0642 e. The molecule has 0 fully saturated rings. The van der Waals surface area contributed by atoms with Gasteiger partial charge >= 0.3 is 0 Å². The minimum atomic E-state index is -0.0513. The molecule has 0 rings (SSSR count). The van der Waals surface area contributed by atoms with Gasteiger partial charge in [0.05, 0.1) is 11.7 Å². The molecule has 92 valence electrons. The molecule has 0 saturated heterocycles. The van der Waals surface area contributed by atoms with Crippen LogP contribution in [0.1, 0.15) is 48.0 Å². The summed E-state index contributed by atoms with van der Waals surface area (Å²) in [6.07, 6.45) is 1.41. The molecule has 0 radical (unpaired) electrons. The van der Waals surface area contributed by atoms with Gasteiger partial charge in [-0.1, -0.05) is 20.8 Å². The molecule has 1 unspecified atom stereocenters. The number of hydrogen-bond acceptors (Lipinski definition) is 2. The van der Waals surface area contributed by atoms with Crippen molar-refractivity contribution in [1.82, 2.24) is 4.90 Å². The van der Waals surface area contributed by atoms with Crippen LogP contribution in [0.15, 0.2) is 0 Å². The third kappa shape index (κ3) is 7.80. The minimum Gasteiger partial charge on any atom is -0.372 e. The molecule has 0 spiro atoms. The van der Waals surface area contributed by atoms with E-state index in [1.807, 2.05) is 0 Å². The van der Waals surface area contributed by atoms with Crippen LogP contribution >= 0.6 is 0 Å². The fourth-order valence-corrected chi connectivity index (χ4v) is 1.47. The molecule has 0 aromatic carbocycles. The van der Waals surface area contributed by atoms with Gasteiger partial charge in [0.2, 0.25) is 0 Å². The summed E-state index contributed by atoms with van der Waals surface area (Å²) in [6, 6.07) is 0. The Labute approximate surface area is 96.0 Å². The highest BCUT2D eigenvalue weighted by Gasteiger charge is 2.29. The second-order valence-electron chi connectivity index (χ2n) is 6.68. The molecule has 2 nitrogen and oxygen atoms in total. The first-order chi connectivity index (χ1) is 6.52. The molecule has 15 heavy (non-hydrogen) atoms. The highest BCUT2D eigenvalue weighted by Crippen LogP contribution is 2.28. The number of rotatable bonds is 4. The zero-order chi connectivity index (χ0) is 12.3. The van der Waals surface area contributed by atoms with Crippen molar-refractivity contribution in [2.45, 2.75) is 59.7 Å². The number of ether oxygens (including phenoxy) is 1. The van der Waals surface area contributed by atoms with E-state index in [1.54, 1.807) is 0 Å². The summed E-state index contributed by atoms with van der Waals surface area (Å²) in [4.78, 5) is 2.21. The zero-order valence-electron chi connectivity index (χ0n) is 11.8. The lowest BCUT2D eigenvalue weighted by atomic mass is 9.86. The highest BCUT2D eigenvalue weighted by atomic mass is 16.5. The molecule has 0 heterocycles. The van der Waals surface area contributed by atoms with Gasteiger partial charge < -0.3 is 9.64 Å². The standard InChI is InChI=1S/C13H29NO/c1-12(2,3)11(9-10-14(7)8)15-13(4,5)6/h11H,9-10H2,1-8H3. The van der Waals surface area contributed by atoms with Crippen molar-refractivity contribution >= 4 is 0 Å². The molecule has 2 heteroatoms. The van der Waals surface area contributed by atoms with Crippen molar-refractivity contribution < 1.29 is 4.74 Å². The summed E-state index contributed by atoms with van der Waals surface area (Å²) in [5.41, 5.74) is 0.160. The molecular formula is C13H29NO. The third-order valence-corrected chi connectivity index (χ3v) is 2.30. The monoisotopic (exact) mass is 215 g/mol. The third-order valence-electron chi connectivity index (χ3n) is 2.30. The van der Waals surface area contributed by atoms with Crippen LogP contribution in [0.25, 0.3) is 0 Å². The van der Waals surface area contributed by atoms with Gasteiger partial charge in [0, 0.05) is 6.54 Å². The second kappa shape index (κ2) is 5.31. The molecule has 0 bridgehead atoms. The van der Waals surface area contributed by atoms with Crippen LogP contribution in [-0.4, -0.2) is 37.2 Å². The summed E-state index contributed by atoms with van der Waals surface area (Å²) in [6.45, 7) is 14.2. The van der Waals surface area contributed by atoms with Crippen LogP contribution < -0.4 is 0 Å². The zero-order valence-corrected chi connectivity index (χ0v) is 11.8. The van der Waals surface area contributed by atoms with E-state index in [2.05, 4.69) is 60.5 Å². The van der Waals surface area contributed by atoms with Gasteiger partial charge in [-0.25, -0.2) is 0 Å². The quantitative estimate of drug-likeness (QED) is 0.714. The molecule has 0 aliphatic heterocycles. The van der Waals surface area contributed by atoms with Crippen LogP contribution in [0.2, 0.25) is 0 Å². The van der Waals surface area contributed by atoms with Crippen molar-refractivity contribution in [2.24, 2.45) is 5.41 Å². The molecule has 0 aliphatic rings. The maximum atomic E-state index is 6.13. The van der Waals surface area contributed by atoms with Gasteiger partial charge in [0.15, 0.2) is 0 Å². The Bertz CT molecular complexity index is 174. The van der Waals surface area contributed by atoms with Crippen molar-refractivity contribution in [3.63, 3.8) is 0 Å². The van der Waals surface area contributed by atoms with E-state index in [1.165, 1.54) is 0 Å². The Morgan fingerprint density at radius 3 is 1.73 bits per heavy atom. The molecule has 0 aliphatic carbocycles. The van der Waals surface area contributed by atoms with Crippen LogP contribution in [0, 0.1) is 5.41 Å². The van der Waals surface area contributed by atoms with E-state index in [0.29, 0.717) is 6.10 Å². The molecule has 0 aromatic heterocycles. The van der Waals surface area contributed by atoms with Gasteiger partial charge in [-0.2, -0.15) is 0 Å². The van der Waals surface area contributed by atoms with E-state index in [4.69, 9.17) is 4.74 Å². The van der Waals surface area contributed by atoms with Gasteiger partial charge in [-0.05, 0) is 46.7 Å². The Hall–Kier alpha value is -0.0800. The van der Waals surface area contributed by atoms with Gasteiger partial charge in [-0.15, -0.1) is 0 Å². The SMILES string of the molecule is CN(C)CCC(OC(C)(C)C)C(C)(C)C. The van der Waals surface area contributed by atoms with Crippen LogP contribution in [-0.2, 0) is 4.74 Å². The largest absolute Gasteiger partial charge is 0.372 e. The first kappa shape index (κ1) is 14.9. The van der Waals surface area contributed by atoms with Gasteiger partial charge in [-0.3, -0.25) is 0 Å². The second-order valence-corrected chi connectivity index (χ2v) is 6.68. The first-order valence-corrected chi connectivity index (χ1v) is 5.85. The summed E-state index contributed by atoms with van der Waals surface area (Å²) >= 11 is 0. The van der Waals surface area contributed by atoms with E-state index >= 15 is 0 Å². The Balaban J connectivity index is 4.34. The first-order valence-electron chi connectivity index (χ1n) is 5.85. The molecule has 0 N–H and O–H groups in total. The summed E-state index contributed by atoms with van der Waals surface area (Å²) in [5, 5.41) is 0. The van der Waals surface area contributed by atoms with Crippen molar-refractivity contribution in [3.8, 4) is 0 Å². The fourth-order valence-electron chi connectivity index (χ4n) is 1.47. The van der Waals surface area contributed by atoms with Crippen LogP contribution in [0.4, 0.5) is 0 Å². The Morgan fingerprint density at radius 1 is 1.00 bits per heavy atom. The predicted octanol–water partition coefficient (Wildman–Crippen LogP) is 3.17. The fraction of sp³-hybridized carbons (Fsp3) is 1.00. The average molecular weight is 215 g/mol. The maximum absolute atomic E-state index is 6.13. The number of nitrogens with zero attached hydrogens (tertiary/aromatic N) is 1. The van der Waals surface area contributed by atoms with Crippen molar-refractivity contribution in [3.05, 3.63) is 0 Å². The highest BCUT2D eigenvalue weighted by molar-refractivity contribution is 4.78. The lowest BCUT2D eigenvalue weighted by Gasteiger charge is -2.37. The Morgan fingerprint density at radius 2 is 1.47 bits per heavy atom. The van der Waals surface area contributed by atoms with E-state index in [0.717, 1.165) is 13.0 Å². The normalized spacial score (nSPS) is 15.8. The summed E-state index contributed by atoms with van der Waals surface area (Å²) in [7, 11) is 4.22. The van der Waals surface area contributed by atoms with Crippen molar-refractivity contribution in [2.75, 3.05) is 20.6 Å². The van der Waals surface area contributed by atoms with Gasteiger partial charge in [0.25, 0.3) is 0 Å².